The third-order valence-corrected chi connectivity index (χ3v) is 3.53. The summed E-state index contributed by atoms with van der Waals surface area (Å²) in [4.78, 5) is 23.5. The van der Waals surface area contributed by atoms with Crippen molar-refractivity contribution in [3.8, 4) is 11.5 Å². The number of para-hydroxylation sites is 1. The Labute approximate surface area is 140 Å². The van der Waals surface area contributed by atoms with Crippen LogP contribution in [0.2, 0.25) is 0 Å². The van der Waals surface area contributed by atoms with Gasteiger partial charge in [-0.3, -0.25) is 4.79 Å². The summed E-state index contributed by atoms with van der Waals surface area (Å²) in [6, 6.07) is 9.74. The molecule has 0 saturated heterocycles. The first-order valence-corrected chi connectivity index (χ1v) is 7.76. The Morgan fingerprint density at radius 3 is 2.58 bits per heavy atom. The van der Waals surface area contributed by atoms with Crippen LogP contribution in [0.4, 0.5) is 4.39 Å². The van der Waals surface area contributed by atoms with Gasteiger partial charge >= 0.3 is 5.97 Å². The molecule has 0 aliphatic carbocycles. The number of benzene rings is 2. The molecule has 24 heavy (non-hydrogen) atoms. The summed E-state index contributed by atoms with van der Waals surface area (Å²) in [5.74, 6) is -0.957. The number of carbonyl (C=O) groups excluding carboxylic acids is 2. The molecule has 0 unspecified atom stereocenters. The molecule has 0 bridgehead atoms. The van der Waals surface area contributed by atoms with Gasteiger partial charge in [0.25, 0.3) is 0 Å². The predicted molar refractivity (Wildman–Crippen MR) is 88.3 cm³/mol. The Bertz CT molecular complexity index is 726. The van der Waals surface area contributed by atoms with Gasteiger partial charge in [0.15, 0.2) is 6.29 Å². The highest BCUT2D eigenvalue weighted by atomic mass is 19.1. The van der Waals surface area contributed by atoms with Crippen molar-refractivity contribution in [1.29, 1.82) is 0 Å². The molecule has 0 aliphatic rings. The number of esters is 1. The van der Waals surface area contributed by atoms with Crippen molar-refractivity contribution in [3.05, 3.63) is 58.9 Å². The molecule has 0 aromatic heterocycles. The van der Waals surface area contributed by atoms with Crippen LogP contribution in [0.25, 0.3) is 0 Å². The average Bonchev–Trinajstić information content (AvgIpc) is 2.59. The van der Waals surface area contributed by atoms with Crippen molar-refractivity contribution in [1.82, 2.24) is 0 Å². The Morgan fingerprint density at radius 1 is 1.25 bits per heavy atom. The number of ether oxygens (including phenoxy) is 2. The van der Waals surface area contributed by atoms with Gasteiger partial charge in [0.1, 0.15) is 22.9 Å². The number of unbranched alkanes of at least 4 members (excludes halogenated alkanes) is 1. The summed E-state index contributed by atoms with van der Waals surface area (Å²) < 4.78 is 25.1. The molecule has 2 rings (SSSR count). The molecular weight excluding hydrogens is 311 g/mol. The maximum atomic E-state index is 14.2. The van der Waals surface area contributed by atoms with E-state index in [9.17, 15) is 14.0 Å². The number of aldehydes is 1. The highest BCUT2D eigenvalue weighted by Crippen LogP contribution is 2.29. The lowest BCUT2D eigenvalue weighted by molar-refractivity contribution is 0.0728. The molecule has 0 fully saturated rings. The van der Waals surface area contributed by atoms with E-state index in [2.05, 4.69) is 0 Å². The summed E-state index contributed by atoms with van der Waals surface area (Å²) >= 11 is 0. The zero-order valence-electron chi connectivity index (χ0n) is 13.7. The van der Waals surface area contributed by atoms with Crippen LogP contribution < -0.4 is 9.47 Å². The van der Waals surface area contributed by atoms with E-state index >= 15 is 0 Å². The number of halogens is 1. The van der Waals surface area contributed by atoms with Gasteiger partial charge in [-0.05, 0) is 31.5 Å². The Hall–Kier alpha value is -2.69. The van der Waals surface area contributed by atoms with Crippen molar-refractivity contribution in [2.45, 2.75) is 26.7 Å². The molecule has 126 valence electrons. The molecule has 5 heteroatoms. The molecule has 2 aromatic rings. The van der Waals surface area contributed by atoms with Crippen LogP contribution in [0, 0.1) is 12.7 Å². The molecule has 0 aliphatic heterocycles. The fourth-order valence-corrected chi connectivity index (χ4v) is 2.21. The Morgan fingerprint density at radius 2 is 1.96 bits per heavy atom. The van der Waals surface area contributed by atoms with Crippen molar-refractivity contribution < 1.29 is 23.5 Å². The van der Waals surface area contributed by atoms with Crippen LogP contribution in [-0.2, 0) is 0 Å². The topological polar surface area (TPSA) is 52.6 Å². The summed E-state index contributed by atoms with van der Waals surface area (Å²) in [5, 5.41) is 0. The standard InChI is InChI=1S/C19H19FO4/c1-3-4-10-23-16-11-14(12-21)18(20)13(2)17(16)19(22)24-15-8-6-5-7-9-15/h5-9,11-12H,3-4,10H2,1-2H3. The Balaban J connectivity index is 2.39. The van der Waals surface area contributed by atoms with Gasteiger partial charge in [-0.2, -0.15) is 0 Å². The first kappa shape index (κ1) is 17.7. The van der Waals surface area contributed by atoms with Crippen LogP contribution in [-0.4, -0.2) is 18.9 Å². The fraction of sp³-hybridized carbons (Fsp3) is 0.263. The van der Waals surface area contributed by atoms with Crippen molar-refractivity contribution >= 4 is 12.3 Å². The van der Waals surface area contributed by atoms with Crippen LogP contribution in [0.1, 0.15) is 46.0 Å². The molecule has 0 atom stereocenters. The van der Waals surface area contributed by atoms with E-state index in [1.807, 2.05) is 6.92 Å². The zero-order chi connectivity index (χ0) is 17.5. The monoisotopic (exact) mass is 330 g/mol. The minimum atomic E-state index is -0.743. The fourth-order valence-electron chi connectivity index (χ4n) is 2.21. The van der Waals surface area contributed by atoms with E-state index in [0.29, 0.717) is 18.6 Å². The van der Waals surface area contributed by atoms with Crippen molar-refractivity contribution in [3.63, 3.8) is 0 Å². The maximum absolute atomic E-state index is 14.2. The van der Waals surface area contributed by atoms with E-state index in [1.165, 1.54) is 13.0 Å². The second-order valence-corrected chi connectivity index (χ2v) is 5.30. The molecule has 0 radical (unpaired) electrons. The van der Waals surface area contributed by atoms with Gasteiger partial charge in [-0.1, -0.05) is 31.5 Å². The van der Waals surface area contributed by atoms with Gasteiger partial charge in [0, 0.05) is 5.56 Å². The van der Waals surface area contributed by atoms with Crippen LogP contribution in [0.5, 0.6) is 11.5 Å². The van der Waals surface area contributed by atoms with Crippen LogP contribution in [0.15, 0.2) is 36.4 Å². The molecule has 0 spiro atoms. The van der Waals surface area contributed by atoms with Crippen LogP contribution in [0.3, 0.4) is 0 Å². The number of hydrogen-bond acceptors (Lipinski definition) is 4. The zero-order valence-corrected chi connectivity index (χ0v) is 13.7. The Kier molecular flexibility index (Phi) is 6.07. The largest absolute Gasteiger partial charge is 0.493 e. The molecule has 0 amide bonds. The first-order chi connectivity index (χ1) is 11.6. The van der Waals surface area contributed by atoms with Crippen molar-refractivity contribution in [2.24, 2.45) is 0 Å². The third-order valence-electron chi connectivity index (χ3n) is 3.53. The lowest BCUT2D eigenvalue weighted by atomic mass is 10.0. The average molecular weight is 330 g/mol. The summed E-state index contributed by atoms with van der Waals surface area (Å²) in [7, 11) is 0. The highest BCUT2D eigenvalue weighted by Gasteiger charge is 2.23. The van der Waals surface area contributed by atoms with Gasteiger partial charge in [0.05, 0.1) is 12.2 Å². The second-order valence-electron chi connectivity index (χ2n) is 5.30. The first-order valence-electron chi connectivity index (χ1n) is 7.76. The predicted octanol–water partition coefficient (Wildman–Crippen LogP) is 4.34. The maximum Gasteiger partial charge on any atom is 0.347 e. The van der Waals surface area contributed by atoms with Crippen LogP contribution >= 0.6 is 0 Å². The third kappa shape index (κ3) is 3.98. The van der Waals surface area contributed by atoms with E-state index < -0.39 is 11.8 Å². The molecule has 0 heterocycles. The molecule has 0 saturated carbocycles. The van der Waals surface area contributed by atoms with Gasteiger partial charge < -0.3 is 9.47 Å². The molecule has 0 N–H and O–H groups in total. The van der Waals surface area contributed by atoms with Gasteiger partial charge in [-0.25, -0.2) is 9.18 Å². The van der Waals surface area contributed by atoms with E-state index in [1.54, 1.807) is 30.3 Å². The molecule has 4 nitrogen and oxygen atoms in total. The summed E-state index contributed by atoms with van der Waals surface area (Å²) in [6.07, 6.45) is 2.09. The molecule has 2 aromatic carbocycles. The quantitative estimate of drug-likeness (QED) is 0.328. The van der Waals surface area contributed by atoms with E-state index in [0.717, 1.165) is 12.8 Å². The smallest absolute Gasteiger partial charge is 0.347 e. The summed E-state index contributed by atoms with van der Waals surface area (Å²) in [5.41, 5.74) is -0.111. The lowest BCUT2D eigenvalue weighted by Gasteiger charge is -2.15. The SMILES string of the molecule is CCCCOc1cc(C=O)c(F)c(C)c1C(=O)Oc1ccccc1. The van der Waals surface area contributed by atoms with Gasteiger partial charge in [0.2, 0.25) is 0 Å². The van der Waals surface area contributed by atoms with Gasteiger partial charge in [-0.15, -0.1) is 0 Å². The highest BCUT2D eigenvalue weighted by molar-refractivity contribution is 5.97. The number of carbonyl (C=O) groups is 2. The lowest BCUT2D eigenvalue weighted by Crippen LogP contribution is -2.15. The number of hydrogen-bond donors (Lipinski definition) is 0. The summed E-state index contributed by atoms with van der Waals surface area (Å²) in [6.45, 7) is 3.79. The normalized spacial score (nSPS) is 10.3. The molecular formula is C19H19FO4. The second kappa shape index (κ2) is 8.24. The number of rotatable bonds is 7. The minimum absolute atomic E-state index is 0.00180. The van der Waals surface area contributed by atoms with E-state index in [-0.39, 0.29) is 22.4 Å². The van der Waals surface area contributed by atoms with E-state index in [4.69, 9.17) is 9.47 Å². The minimum Gasteiger partial charge on any atom is -0.493 e. The van der Waals surface area contributed by atoms with Crippen molar-refractivity contribution in [2.75, 3.05) is 6.61 Å².